The topological polar surface area (TPSA) is 71.1 Å². The fourth-order valence-electron chi connectivity index (χ4n) is 2.71. The Labute approximate surface area is 142 Å². The first kappa shape index (κ1) is 18.1. The van der Waals surface area contributed by atoms with Crippen molar-refractivity contribution in [2.45, 2.75) is 19.0 Å². The minimum absolute atomic E-state index is 0.0646. The second-order valence-corrected chi connectivity index (χ2v) is 5.99. The van der Waals surface area contributed by atoms with Gasteiger partial charge in [-0.15, -0.1) is 0 Å². The third kappa shape index (κ3) is 4.38. The molecule has 0 bridgehead atoms. The molecule has 1 fully saturated rings. The summed E-state index contributed by atoms with van der Waals surface area (Å²) in [4.78, 5) is 27.8. The van der Waals surface area contributed by atoms with Gasteiger partial charge in [0.25, 0.3) is 0 Å². The second kappa shape index (κ2) is 8.01. The van der Waals surface area contributed by atoms with Crippen LogP contribution in [0, 0.1) is 0 Å². The molecule has 2 amide bonds. The number of nitrogens with one attached hydrogen (secondary N) is 1. The Hall–Kier alpha value is -2.28. The number of hydrogen-bond acceptors (Lipinski definition) is 5. The van der Waals surface area contributed by atoms with Gasteiger partial charge >= 0.3 is 0 Å². The Morgan fingerprint density at radius 1 is 1.25 bits per heavy atom. The standard InChI is InChI=1S/C17H25N3O4/c1-19(2)16(21)10-15-17(22)18-5-6-20(15)11-12-7-13(23-3)9-14(8-12)24-4/h7-9,15H,5-6,10-11H2,1-4H3,(H,18,22)/t15-/m1/s1. The van der Waals surface area contributed by atoms with Crippen molar-refractivity contribution in [2.24, 2.45) is 0 Å². The zero-order valence-electron chi connectivity index (χ0n) is 14.7. The van der Waals surface area contributed by atoms with Gasteiger partial charge in [0, 0.05) is 39.8 Å². The van der Waals surface area contributed by atoms with Crippen LogP contribution in [0.2, 0.25) is 0 Å². The first-order valence-electron chi connectivity index (χ1n) is 7.88. The van der Waals surface area contributed by atoms with Crippen LogP contribution in [0.25, 0.3) is 0 Å². The number of carbonyl (C=O) groups excluding carboxylic acids is 2. The average Bonchev–Trinajstić information content (AvgIpc) is 2.57. The van der Waals surface area contributed by atoms with Crippen LogP contribution in [-0.2, 0) is 16.1 Å². The molecule has 1 N–H and O–H groups in total. The summed E-state index contributed by atoms with van der Waals surface area (Å²) < 4.78 is 10.6. The molecule has 1 aliphatic rings. The van der Waals surface area contributed by atoms with E-state index in [0.717, 1.165) is 5.56 Å². The summed E-state index contributed by atoms with van der Waals surface area (Å²) in [6, 6.07) is 5.17. The highest BCUT2D eigenvalue weighted by Gasteiger charge is 2.32. The van der Waals surface area contributed by atoms with Crippen LogP contribution in [0.1, 0.15) is 12.0 Å². The molecule has 7 nitrogen and oxygen atoms in total. The van der Waals surface area contributed by atoms with Gasteiger partial charge in [-0.25, -0.2) is 0 Å². The van der Waals surface area contributed by atoms with Gasteiger partial charge in [0.1, 0.15) is 11.5 Å². The van der Waals surface area contributed by atoms with E-state index in [1.54, 1.807) is 34.4 Å². The molecule has 0 spiro atoms. The number of benzene rings is 1. The number of hydrogen-bond donors (Lipinski definition) is 1. The van der Waals surface area contributed by atoms with Crippen LogP contribution >= 0.6 is 0 Å². The maximum atomic E-state index is 12.2. The van der Waals surface area contributed by atoms with Crippen molar-refractivity contribution in [2.75, 3.05) is 41.4 Å². The molecule has 0 aromatic heterocycles. The van der Waals surface area contributed by atoms with Crippen molar-refractivity contribution in [3.63, 3.8) is 0 Å². The van der Waals surface area contributed by atoms with Gasteiger partial charge in [-0.1, -0.05) is 0 Å². The Morgan fingerprint density at radius 2 is 1.88 bits per heavy atom. The summed E-state index contributed by atoms with van der Waals surface area (Å²) >= 11 is 0. The number of methoxy groups -OCH3 is 2. The summed E-state index contributed by atoms with van der Waals surface area (Å²) in [6.45, 7) is 1.82. The number of ether oxygens (including phenoxy) is 2. The first-order valence-corrected chi connectivity index (χ1v) is 7.88. The third-order valence-electron chi connectivity index (χ3n) is 4.11. The van der Waals surface area contributed by atoms with Crippen molar-refractivity contribution in [1.29, 1.82) is 0 Å². The van der Waals surface area contributed by atoms with E-state index in [1.807, 2.05) is 17.0 Å². The first-order chi connectivity index (χ1) is 11.4. The number of amides is 2. The van der Waals surface area contributed by atoms with Crippen LogP contribution in [0.5, 0.6) is 11.5 Å². The highest BCUT2D eigenvalue weighted by Crippen LogP contribution is 2.24. The Balaban J connectivity index is 2.18. The van der Waals surface area contributed by atoms with Gasteiger partial charge in [-0.05, 0) is 17.7 Å². The van der Waals surface area contributed by atoms with Crippen molar-refractivity contribution in [3.05, 3.63) is 23.8 Å². The van der Waals surface area contributed by atoms with Crippen LogP contribution in [0.3, 0.4) is 0 Å². The van der Waals surface area contributed by atoms with Gasteiger partial charge < -0.3 is 19.7 Å². The minimum Gasteiger partial charge on any atom is -0.497 e. The van der Waals surface area contributed by atoms with E-state index in [0.29, 0.717) is 31.1 Å². The fourth-order valence-corrected chi connectivity index (χ4v) is 2.71. The lowest BCUT2D eigenvalue weighted by molar-refractivity contribution is -0.137. The molecule has 1 saturated heterocycles. The molecule has 1 atom stereocenters. The van der Waals surface area contributed by atoms with E-state index in [-0.39, 0.29) is 18.2 Å². The lowest BCUT2D eigenvalue weighted by atomic mass is 10.1. The smallest absolute Gasteiger partial charge is 0.237 e. The van der Waals surface area contributed by atoms with Crippen molar-refractivity contribution >= 4 is 11.8 Å². The highest BCUT2D eigenvalue weighted by atomic mass is 16.5. The molecule has 7 heteroatoms. The summed E-state index contributed by atoms with van der Waals surface area (Å²) in [6.07, 6.45) is 0.167. The minimum atomic E-state index is -0.467. The zero-order chi connectivity index (χ0) is 17.7. The fraction of sp³-hybridized carbons (Fsp3) is 0.529. The quantitative estimate of drug-likeness (QED) is 0.819. The Kier molecular flexibility index (Phi) is 6.03. The maximum Gasteiger partial charge on any atom is 0.237 e. The number of rotatable bonds is 6. The molecular formula is C17H25N3O4. The van der Waals surface area contributed by atoms with Crippen LogP contribution in [0.4, 0.5) is 0 Å². The van der Waals surface area contributed by atoms with Crippen molar-refractivity contribution < 1.29 is 19.1 Å². The lowest BCUT2D eigenvalue weighted by Gasteiger charge is -2.35. The lowest BCUT2D eigenvalue weighted by Crippen LogP contribution is -2.56. The van der Waals surface area contributed by atoms with Crippen LogP contribution < -0.4 is 14.8 Å². The van der Waals surface area contributed by atoms with Crippen molar-refractivity contribution in [1.82, 2.24) is 15.1 Å². The second-order valence-electron chi connectivity index (χ2n) is 5.99. The monoisotopic (exact) mass is 335 g/mol. The molecule has 0 aliphatic carbocycles. The van der Waals surface area contributed by atoms with E-state index in [1.165, 1.54) is 4.90 Å². The summed E-state index contributed by atoms with van der Waals surface area (Å²) in [5, 5.41) is 2.84. The highest BCUT2D eigenvalue weighted by molar-refractivity contribution is 5.88. The molecule has 24 heavy (non-hydrogen) atoms. The predicted octanol–water partition coefficient (Wildman–Crippen LogP) is 0.483. The molecule has 1 aliphatic heterocycles. The van der Waals surface area contributed by atoms with Gasteiger partial charge in [0.05, 0.1) is 26.7 Å². The van der Waals surface area contributed by atoms with Gasteiger partial charge in [-0.3, -0.25) is 14.5 Å². The van der Waals surface area contributed by atoms with Gasteiger partial charge in [-0.2, -0.15) is 0 Å². The molecule has 132 valence electrons. The maximum absolute atomic E-state index is 12.2. The zero-order valence-corrected chi connectivity index (χ0v) is 14.7. The third-order valence-corrected chi connectivity index (χ3v) is 4.11. The molecule has 0 saturated carbocycles. The largest absolute Gasteiger partial charge is 0.497 e. The van der Waals surface area contributed by atoms with E-state index in [9.17, 15) is 9.59 Å². The normalized spacial score (nSPS) is 18.0. The average molecular weight is 335 g/mol. The Morgan fingerprint density at radius 3 is 2.42 bits per heavy atom. The summed E-state index contributed by atoms with van der Waals surface area (Å²) in [5.41, 5.74) is 0.975. The molecule has 1 aromatic carbocycles. The molecular weight excluding hydrogens is 310 g/mol. The molecule has 1 aromatic rings. The summed E-state index contributed by atoms with van der Waals surface area (Å²) in [5.74, 6) is 1.23. The van der Waals surface area contributed by atoms with Crippen molar-refractivity contribution in [3.8, 4) is 11.5 Å². The Bertz CT molecular complexity index is 581. The summed E-state index contributed by atoms with van der Waals surface area (Å²) in [7, 11) is 6.59. The number of carbonyl (C=O) groups is 2. The van der Waals surface area contributed by atoms with E-state index in [2.05, 4.69) is 5.32 Å². The van der Waals surface area contributed by atoms with Crippen LogP contribution in [-0.4, -0.2) is 69.1 Å². The van der Waals surface area contributed by atoms with E-state index in [4.69, 9.17) is 9.47 Å². The molecule has 0 radical (unpaired) electrons. The van der Waals surface area contributed by atoms with E-state index < -0.39 is 6.04 Å². The molecule has 2 rings (SSSR count). The molecule has 0 unspecified atom stereocenters. The van der Waals surface area contributed by atoms with Gasteiger partial charge in [0.15, 0.2) is 0 Å². The van der Waals surface area contributed by atoms with E-state index >= 15 is 0 Å². The molecule has 1 heterocycles. The van der Waals surface area contributed by atoms with Gasteiger partial charge in [0.2, 0.25) is 11.8 Å². The number of piperazine rings is 1. The van der Waals surface area contributed by atoms with Crippen LogP contribution in [0.15, 0.2) is 18.2 Å². The predicted molar refractivity (Wildman–Crippen MR) is 90.1 cm³/mol. The number of nitrogens with zero attached hydrogens (tertiary/aromatic N) is 2. The SMILES string of the molecule is COc1cc(CN2CCNC(=O)[C@H]2CC(=O)N(C)C)cc(OC)c1.